The highest BCUT2D eigenvalue weighted by atomic mass is 79.9. The zero-order valence-corrected chi connectivity index (χ0v) is 11.2. The minimum atomic E-state index is 0.0626. The normalized spacial score (nSPS) is 15.6. The number of phenolic OH excluding ortho intramolecular Hbond substituents is 1. The molecule has 1 aromatic heterocycles. The molecule has 1 aliphatic carbocycles. The zero-order valence-electron chi connectivity index (χ0n) is 8.04. The lowest BCUT2D eigenvalue weighted by molar-refractivity contribution is 0.224. The fraction of sp³-hybridized carbons (Fsp3) is 0.300. The summed E-state index contributed by atoms with van der Waals surface area (Å²) in [4.78, 5) is 4.12. The van der Waals surface area contributed by atoms with Gasteiger partial charge in [0.15, 0.2) is 16.8 Å². The summed E-state index contributed by atoms with van der Waals surface area (Å²) in [6.07, 6.45) is 2.51. The van der Waals surface area contributed by atoms with Crippen LogP contribution in [0.5, 0.6) is 11.8 Å². The summed E-state index contributed by atoms with van der Waals surface area (Å²) in [5, 5.41) is 9.80. The van der Waals surface area contributed by atoms with E-state index in [1.165, 1.54) is 0 Å². The Balaban J connectivity index is 2.14. The minimum Gasteiger partial charge on any atom is -0.504 e. The maximum absolute atomic E-state index is 9.80. The van der Waals surface area contributed by atoms with Crippen molar-refractivity contribution in [3.63, 3.8) is 0 Å². The van der Waals surface area contributed by atoms with Crippen molar-refractivity contribution < 1.29 is 14.3 Å². The van der Waals surface area contributed by atoms with Crippen LogP contribution in [-0.4, -0.2) is 16.2 Å². The number of fused-ring (bicyclic) bond motifs is 1. The molecular weight excluding hydrogens is 342 g/mol. The molecular formula is C10H7Br2NO3. The van der Waals surface area contributed by atoms with Crippen molar-refractivity contribution in [3.8, 4) is 11.8 Å². The molecule has 0 unspecified atom stereocenters. The molecule has 4 nitrogen and oxygen atoms in total. The quantitative estimate of drug-likeness (QED) is 0.900. The Hall–Kier alpha value is -0.750. The average molecular weight is 349 g/mol. The van der Waals surface area contributed by atoms with Gasteiger partial charge in [0, 0.05) is 0 Å². The van der Waals surface area contributed by atoms with Crippen LogP contribution in [0.3, 0.4) is 0 Å². The SMILES string of the molecule is Oc1c(Br)cc(Br)c2oc(OC3CC3)nc12. The van der Waals surface area contributed by atoms with Gasteiger partial charge in [-0.15, -0.1) is 0 Å². The smallest absolute Gasteiger partial charge is 0.395 e. The number of rotatable bonds is 2. The van der Waals surface area contributed by atoms with Gasteiger partial charge in [0.05, 0.1) is 8.95 Å². The third kappa shape index (κ3) is 1.69. The number of aromatic hydroxyl groups is 1. The van der Waals surface area contributed by atoms with Gasteiger partial charge in [0.25, 0.3) is 0 Å². The minimum absolute atomic E-state index is 0.0626. The fourth-order valence-electron chi connectivity index (χ4n) is 1.36. The fourth-order valence-corrected chi connectivity index (χ4v) is 2.58. The maximum Gasteiger partial charge on any atom is 0.395 e. The summed E-state index contributed by atoms with van der Waals surface area (Å²) in [5.41, 5.74) is 0.897. The van der Waals surface area contributed by atoms with E-state index in [0.717, 1.165) is 17.3 Å². The van der Waals surface area contributed by atoms with Crippen LogP contribution < -0.4 is 4.74 Å². The number of halogens is 2. The molecule has 0 aliphatic heterocycles. The second-order valence-electron chi connectivity index (χ2n) is 3.66. The van der Waals surface area contributed by atoms with Gasteiger partial charge in [-0.2, -0.15) is 4.98 Å². The van der Waals surface area contributed by atoms with Gasteiger partial charge in [0.1, 0.15) is 6.10 Å². The van der Waals surface area contributed by atoms with Gasteiger partial charge >= 0.3 is 6.08 Å². The molecule has 1 fully saturated rings. The van der Waals surface area contributed by atoms with Crippen molar-refractivity contribution in [2.45, 2.75) is 18.9 Å². The third-order valence-electron chi connectivity index (χ3n) is 2.32. The van der Waals surface area contributed by atoms with Crippen molar-refractivity contribution in [2.24, 2.45) is 0 Å². The van der Waals surface area contributed by atoms with E-state index in [9.17, 15) is 5.11 Å². The molecule has 0 amide bonds. The number of hydrogen-bond donors (Lipinski definition) is 1. The molecule has 16 heavy (non-hydrogen) atoms. The van der Waals surface area contributed by atoms with E-state index in [2.05, 4.69) is 36.8 Å². The predicted octanol–water partition coefficient (Wildman–Crippen LogP) is 3.60. The highest BCUT2D eigenvalue weighted by Crippen LogP contribution is 2.40. The lowest BCUT2D eigenvalue weighted by Crippen LogP contribution is -1.94. The Morgan fingerprint density at radius 3 is 2.81 bits per heavy atom. The zero-order chi connectivity index (χ0) is 11.3. The molecule has 1 heterocycles. The van der Waals surface area contributed by atoms with Gasteiger partial charge in [0.2, 0.25) is 0 Å². The number of ether oxygens (including phenoxy) is 1. The summed E-state index contributed by atoms with van der Waals surface area (Å²) < 4.78 is 12.2. The van der Waals surface area contributed by atoms with Crippen LogP contribution in [0.1, 0.15) is 12.8 Å². The standard InChI is InChI=1S/C10H7Br2NO3/c11-5-3-6(12)9-7(8(5)14)13-10(16-9)15-4-1-2-4/h3-4,14H,1-2H2. The summed E-state index contributed by atoms with van der Waals surface area (Å²) in [5.74, 6) is 0.0626. The molecule has 2 aromatic rings. The molecule has 0 bridgehead atoms. The molecule has 0 saturated heterocycles. The van der Waals surface area contributed by atoms with E-state index in [-0.39, 0.29) is 17.9 Å². The van der Waals surface area contributed by atoms with E-state index in [0.29, 0.717) is 15.6 Å². The van der Waals surface area contributed by atoms with E-state index < -0.39 is 0 Å². The number of nitrogens with zero attached hydrogens (tertiary/aromatic N) is 1. The van der Waals surface area contributed by atoms with E-state index in [4.69, 9.17) is 9.15 Å². The first-order valence-electron chi connectivity index (χ1n) is 4.79. The Bertz CT molecular complexity index is 563. The van der Waals surface area contributed by atoms with Crippen molar-refractivity contribution in [2.75, 3.05) is 0 Å². The van der Waals surface area contributed by atoms with Crippen LogP contribution >= 0.6 is 31.9 Å². The first kappa shape index (κ1) is 10.4. The third-order valence-corrected chi connectivity index (χ3v) is 3.51. The Morgan fingerprint density at radius 1 is 1.38 bits per heavy atom. The molecule has 0 spiro atoms. The monoisotopic (exact) mass is 347 g/mol. The molecule has 3 rings (SSSR count). The molecule has 1 N–H and O–H groups in total. The second-order valence-corrected chi connectivity index (χ2v) is 5.37. The van der Waals surface area contributed by atoms with Crippen LogP contribution in [0.2, 0.25) is 0 Å². The van der Waals surface area contributed by atoms with Crippen LogP contribution in [0.4, 0.5) is 0 Å². The van der Waals surface area contributed by atoms with E-state index in [1.807, 2.05) is 0 Å². The predicted molar refractivity (Wildman–Crippen MR) is 64.7 cm³/mol. The number of aromatic nitrogens is 1. The lowest BCUT2D eigenvalue weighted by Gasteiger charge is -1.97. The van der Waals surface area contributed by atoms with Crippen LogP contribution in [0.25, 0.3) is 11.1 Å². The highest BCUT2D eigenvalue weighted by molar-refractivity contribution is 9.11. The van der Waals surface area contributed by atoms with Crippen molar-refractivity contribution >= 4 is 43.0 Å². The largest absolute Gasteiger partial charge is 0.504 e. The number of hydrogen-bond acceptors (Lipinski definition) is 4. The van der Waals surface area contributed by atoms with Crippen LogP contribution in [0.15, 0.2) is 19.4 Å². The highest BCUT2D eigenvalue weighted by Gasteiger charge is 2.26. The average Bonchev–Trinajstić information content (AvgIpc) is 2.92. The molecule has 84 valence electrons. The number of oxazole rings is 1. The first-order chi connectivity index (χ1) is 7.65. The summed E-state index contributed by atoms with van der Waals surface area (Å²) in [7, 11) is 0. The summed E-state index contributed by atoms with van der Waals surface area (Å²) >= 11 is 6.58. The summed E-state index contributed by atoms with van der Waals surface area (Å²) in [6, 6.07) is 1.71. The van der Waals surface area contributed by atoms with Gasteiger partial charge in [-0.25, -0.2) is 0 Å². The molecule has 6 heteroatoms. The number of phenols is 1. The van der Waals surface area contributed by atoms with Crippen molar-refractivity contribution in [1.82, 2.24) is 4.98 Å². The van der Waals surface area contributed by atoms with Crippen LogP contribution in [0, 0.1) is 0 Å². The Kier molecular flexibility index (Phi) is 2.36. The second kappa shape index (κ2) is 3.63. The van der Waals surface area contributed by atoms with Crippen molar-refractivity contribution in [1.29, 1.82) is 0 Å². The molecule has 1 saturated carbocycles. The Morgan fingerprint density at radius 2 is 2.12 bits per heavy atom. The Labute approximate surface area is 108 Å². The van der Waals surface area contributed by atoms with E-state index >= 15 is 0 Å². The molecule has 1 aliphatic rings. The lowest BCUT2D eigenvalue weighted by atomic mass is 10.3. The number of benzene rings is 1. The van der Waals surface area contributed by atoms with E-state index in [1.54, 1.807) is 6.07 Å². The maximum atomic E-state index is 9.80. The molecule has 1 aromatic carbocycles. The summed E-state index contributed by atoms with van der Waals surface area (Å²) in [6.45, 7) is 0. The first-order valence-corrected chi connectivity index (χ1v) is 6.38. The van der Waals surface area contributed by atoms with Gasteiger partial charge in [-0.3, -0.25) is 0 Å². The van der Waals surface area contributed by atoms with Gasteiger partial charge in [-0.05, 0) is 50.8 Å². The van der Waals surface area contributed by atoms with Gasteiger partial charge < -0.3 is 14.3 Å². The topological polar surface area (TPSA) is 55.5 Å². The van der Waals surface area contributed by atoms with Gasteiger partial charge in [-0.1, -0.05) is 0 Å². The molecule has 0 atom stereocenters. The van der Waals surface area contributed by atoms with Crippen LogP contribution in [-0.2, 0) is 0 Å². The molecule has 0 radical (unpaired) electrons. The van der Waals surface area contributed by atoms with Crippen molar-refractivity contribution in [3.05, 3.63) is 15.0 Å².